The van der Waals surface area contributed by atoms with Gasteiger partial charge in [0.05, 0.1) is 26.9 Å². The molecule has 0 saturated heterocycles. The number of nitrogens with one attached hydrogen (secondary N) is 3. The summed E-state index contributed by atoms with van der Waals surface area (Å²) in [4.78, 5) is 56.2. The van der Waals surface area contributed by atoms with Crippen molar-refractivity contribution in [2.24, 2.45) is 0 Å². The number of aromatic nitrogens is 1. The highest BCUT2D eigenvalue weighted by Gasteiger charge is 2.26. The topological polar surface area (TPSA) is 141 Å². The van der Waals surface area contributed by atoms with Crippen LogP contribution < -0.4 is 16.0 Å². The zero-order chi connectivity index (χ0) is 30.2. The fourth-order valence-electron chi connectivity index (χ4n) is 4.90. The first-order chi connectivity index (χ1) is 20.1. The highest BCUT2D eigenvalue weighted by atomic mass is 35.5. The van der Waals surface area contributed by atoms with Gasteiger partial charge in [0.15, 0.2) is 0 Å². The Bertz CT molecular complexity index is 1440. The number of amides is 4. The Balaban J connectivity index is 1.38. The number of carbonyl (C=O) groups is 4. The van der Waals surface area contributed by atoms with Gasteiger partial charge in [-0.3, -0.25) is 14.6 Å². The number of nitrogens with zero attached hydrogens (tertiary/aromatic N) is 2. The van der Waals surface area contributed by atoms with Crippen molar-refractivity contribution >= 4 is 58.4 Å². The minimum atomic E-state index is -1.26. The summed E-state index contributed by atoms with van der Waals surface area (Å²) in [5, 5.41) is 17.8. The molecule has 1 heterocycles. The molecule has 3 aromatic rings. The van der Waals surface area contributed by atoms with Crippen molar-refractivity contribution in [3.05, 3.63) is 87.7 Å². The number of carbonyl (C=O) groups excluding carboxylic acids is 3. The molecule has 0 unspecified atom stereocenters. The quantitative estimate of drug-likeness (QED) is 0.239. The highest BCUT2D eigenvalue weighted by Crippen LogP contribution is 2.26. The van der Waals surface area contributed by atoms with Crippen molar-refractivity contribution in [1.29, 1.82) is 0 Å². The van der Waals surface area contributed by atoms with Crippen LogP contribution in [0.15, 0.2) is 60.9 Å². The van der Waals surface area contributed by atoms with Crippen LogP contribution in [0.2, 0.25) is 10.0 Å². The van der Waals surface area contributed by atoms with Crippen LogP contribution in [0.25, 0.3) is 0 Å². The molecule has 0 spiro atoms. The zero-order valence-corrected chi connectivity index (χ0v) is 24.4. The molecule has 1 saturated carbocycles. The van der Waals surface area contributed by atoms with Gasteiger partial charge in [-0.15, -0.1) is 0 Å². The number of urea groups is 1. The Morgan fingerprint density at radius 3 is 2.24 bits per heavy atom. The van der Waals surface area contributed by atoms with Gasteiger partial charge in [0.2, 0.25) is 0 Å². The van der Waals surface area contributed by atoms with Crippen molar-refractivity contribution < 1.29 is 24.3 Å². The summed E-state index contributed by atoms with van der Waals surface area (Å²) >= 11 is 12.1. The van der Waals surface area contributed by atoms with Crippen molar-refractivity contribution in [1.82, 2.24) is 15.2 Å². The molecular formula is C30H31Cl2N5O5. The van der Waals surface area contributed by atoms with Gasteiger partial charge in [-0.05, 0) is 42.7 Å². The maximum absolute atomic E-state index is 13.2. The van der Waals surface area contributed by atoms with Crippen molar-refractivity contribution in [2.45, 2.75) is 50.6 Å². The third-order valence-corrected chi connectivity index (χ3v) is 7.76. The van der Waals surface area contributed by atoms with Gasteiger partial charge in [-0.25, -0.2) is 9.59 Å². The van der Waals surface area contributed by atoms with Crippen LogP contribution in [0, 0.1) is 0 Å². The molecule has 220 valence electrons. The second-order valence-electron chi connectivity index (χ2n) is 10.1. The molecule has 42 heavy (non-hydrogen) atoms. The van der Waals surface area contributed by atoms with E-state index in [1.54, 1.807) is 60.5 Å². The van der Waals surface area contributed by atoms with E-state index in [4.69, 9.17) is 23.2 Å². The first kappa shape index (κ1) is 30.8. The number of hydrogen-bond acceptors (Lipinski definition) is 5. The lowest BCUT2D eigenvalue weighted by Gasteiger charge is -2.31. The largest absolute Gasteiger partial charge is 0.480 e. The van der Waals surface area contributed by atoms with E-state index in [0.29, 0.717) is 22.5 Å². The number of carboxylic acid groups (broad SMARTS) is 1. The van der Waals surface area contributed by atoms with E-state index in [1.807, 2.05) is 0 Å². The summed E-state index contributed by atoms with van der Waals surface area (Å²) < 4.78 is 0. The second-order valence-corrected chi connectivity index (χ2v) is 10.9. The molecule has 4 N–H and O–H groups in total. The van der Waals surface area contributed by atoms with E-state index in [-0.39, 0.29) is 34.0 Å². The Hall–Kier alpha value is -4.15. The van der Waals surface area contributed by atoms with Crippen molar-refractivity contribution in [2.75, 3.05) is 17.7 Å². The molecular weight excluding hydrogens is 581 g/mol. The van der Waals surface area contributed by atoms with Crippen LogP contribution in [0.3, 0.4) is 0 Å². The second kappa shape index (κ2) is 14.2. The van der Waals surface area contributed by atoms with Crippen molar-refractivity contribution in [3.8, 4) is 0 Å². The molecule has 10 nitrogen and oxygen atoms in total. The number of pyridine rings is 1. The molecule has 1 aliphatic carbocycles. The van der Waals surface area contributed by atoms with Crippen molar-refractivity contribution in [3.63, 3.8) is 0 Å². The van der Waals surface area contributed by atoms with Crippen LogP contribution in [0.4, 0.5) is 16.2 Å². The monoisotopic (exact) mass is 611 g/mol. The van der Waals surface area contributed by atoms with E-state index < -0.39 is 23.9 Å². The normalized spacial score (nSPS) is 14.0. The number of aliphatic carboxylic acids is 1. The predicted octanol–water partition coefficient (Wildman–Crippen LogP) is 5.86. The molecule has 12 heteroatoms. The fraction of sp³-hybridized carbons (Fsp3) is 0.300. The number of rotatable bonds is 9. The molecule has 4 amide bonds. The molecule has 1 fully saturated rings. The van der Waals surface area contributed by atoms with Crippen LogP contribution >= 0.6 is 23.2 Å². The highest BCUT2D eigenvalue weighted by molar-refractivity contribution is 6.40. The smallest absolute Gasteiger partial charge is 0.326 e. The van der Waals surface area contributed by atoms with Crippen LogP contribution in [0.1, 0.15) is 58.4 Å². The number of benzene rings is 2. The standard InChI is InChI=1S/C30H31Cl2N5O5/c1-37(20-7-3-2-4-8-20)28(39)21-9-5-6-10-24(21)35-30(42)36-25(29(40)41)15-18-11-13-19(14-12-18)34-27(38)26-22(31)16-33-17-23(26)32/h5-6,9-14,16-17,20,25H,2-4,7-8,15H2,1H3,(H,34,38)(H,40,41)(H2,35,36,42)/t25-/m0/s1. The van der Waals surface area contributed by atoms with Gasteiger partial charge < -0.3 is 26.0 Å². The molecule has 1 aliphatic rings. The van der Waals surface area contributed by atoms with E-state index in [1.165, 1.54) is 18.8 Å². The van der Waals surface area contributed by atoms with Gasteiger partial charge in [-0.1, -0.05) is 66.7 Å². The fourth-order valence-corrected chi connectivity index (χ4v) is 5.44. The Morgan fingerprint density at radius 1 is 0.952 bits per heavy atom. The maximum atomic E-state index is 13.2. The Morgan fingerprint density at radius 2 is 1.60 bits per heavy atom. The molecule has 0 aliphatic heterocycles. The number of anilines is 2. The van der Waals surface area contributed by atoms with Crippen LogP contribution in [-0.2, 0) is 11.2 Å². The summed E-state index contributed by atoms with van der Waals surface area (Å²) in [5.41, 5.74) is 1.75. The minimum absolute atomic E-state index is 0.0238. The molecule has 0 bridgehead atoms. The third kappa shape index (κ3) is 7.77. The van der Waals surface area contributed by atoms with Crippen LogP contribution in [0.5, 0.6) is 0 Å². The van der Waals surface area contributed by atoms with Gasteiger partial charge in [-0.2, -0.15) is 0 Å². The lowest BCUT2D eigenvalue weighted by Crippen LogP contribution is -2.44. The number of carboxylic acids is 1. The van der Waals surface area contributed by atoms with Gasteiger partial charge >= 0.3 is 12.0 Å². The van der Waals surface area contributed by atoms with Gasteiger partial charge in [0.25, 0.3) is 11.8 Å². The summed E-state index contributed by atoms with van der Waals surface area (Å²) in [6.07, 6.45) is 7.81. The maximum Gasteiger partial charge on any atom is 0.326 e. The number of hydrogen-bond donors (Lipinski definition) is 4. The number of halogens is 2. The molecule has 0 radical (unpaired) electrons. The van der Waals surface area contributed by atoms with Gasteiger partial charge in [0, 0.05) is 37.6 Å². The van der Waals surface area contributed by atoms with E-state index in [2.05, 4.69) is 20.9 Å². The summed E-state index contributed by atoms with van der Waals surface area (Å²) in [6.45, 7) is 0. The van der Waals surface area contributed by atoms with Crippen LogP contribution in [-0.4, -0.2) is 57.9 Å². The molecule has 1 aromatic heterocycles. The summed E-state index contributed by atoms with van der Waals surface area (Å²) in [6, 6.07) is 11.3. The number of para-hydroxylation sites is 1. The van der Waals surface area contributed by atoms with Gasteiger partial charge in [0.1, 0.15) is 6.04 Å². The van der Waals surface area contributed by atoms with E-state index in [9.17, 15) is 24.3 Å². The Kier molecular flexibility index (Phi) is 10.4. The van der Waals surface area contributed by atoms with E-state index in [0.717, 1.165) is 25.7 Å². The SMILES string of the molecule is CN(C(=O)c1ccccc1NC(=O)N[C@@H](Cc1ccc(NC(=O)c2c(Cl)cncc2Cl)cc1)C(=O)O)C1CCCCC1. The zero-order valence-electron chi connectivity index (χ0n) is 22.9. The molecule has 4 rings (SSSR count). The molecule has 2 aromatic carbocycles. The first-order valence-electron chi connectivity index (χ1n) is 13.5. The Labute approximate surface area is 253 Å². The van der Waals surface area contributed by atoms with E-state index >= 15 is 0 Å². The average molecular weight is 613 g/mol. The lowest BCUT2D eigenvalue weighted by molar-refractivity contribution is -0.139. The third-order valence-electron chi connectivity index (χ3n) is 7.18. The summed E-state index contributed by atoms with van der Waals surface area (Å²) in [7, 11) is 1.77. The first-order valence-corrected chi connectivity index (χ1v) is 14.3. The average Bonchev–Trinajstić information content (AvgIpc) is 2.97. The predicted molar refractivity (Wildman–Crippen MR) is 161 cm³/mol. The lowest BCUT2D eigenvalue weighted by atomic mass is 9.94. The summed E-state index contributed by atoms with van der Waals surface area (Å²) in [5.74, 6) is -1.95. The molecule has 1 atom stereocenters. The minimum Gasteiger partial charge on any atom is -0.480 e.